The van der Waals surface area contributed by atoms with Crippen LogP contribution in [0.2, 0.25) is 5.02 Å². The number of hydrogen-bond acceptors (Lipinski definition) is 3. The molecule has 0 fully saturated rings. The van der Waals surface area contributed by atoms with Crippen LogP contribution in [0, 0.1) is 5.82 Å². The van der Waals surface area contributed by atoms with Crippen molar-refractivity contribution in [2.24, 2.45) is 5.73 Å². The van der Waals surface area contributed by atoms with Crippen molar-refractivity contribution in [3.63, 3.8) is 0 Å². The van der Waals surface area contributed by atoms with Crippen LogP contribution in [-0.2, 0) is 4.79 Å². The molecule has 16 heavy (non-hydrogen) atoms. The number of halogens is 2. The van der Waals surface area contributed by atoms with Crippen molar-refractivity contribution in [3.05, 3.63) is 28.5 Å². The van der Waals surface area contributed by atoms with Crippen LogP contribution >= 0.6 is 11.6 Å². The van der Waals surface area contributed by atoms with Gasteiger partial charge in [0, 0.05) is 12.6 Å². The van der Waals surface area contributed by atoms with Crippen molar-refractivity contribution >= 4 is 17.6 Å². The Morgan fingerprint density at radius 3 is 2.75 bits per heavy atom. The van der Waals surface area contributed by atoms with Crippen molar-refractivity contribution in [2.45, 2.75) is 5.92 Å². The summed E-state index contributed by atoms with van der Waals surface area (Å²) in [4.78, 5) is 10.9. The predicted molar refractivity (Wildman–Crippen MR) is 57.4 cm³/mol. The van der Waals surface area contributed by atoms with E-state index < -0.39 is 17.7 Å². The molecule has 1 unspecified atom stereocenters. The molecule has 0 aromatic heterocycles. The van der Waals surface area contributed by atoms with Crippen LogP contribution in [0.5, 0.6) is 5.75 Å². The molecule has 1 aromatic rings. The fourth-order valence-electron chi connectivity index (χ4n) is 1.35. The molecule has 0 spiro atoms. The van der Waals surface area contributed by atoms with Crippen molar-refractivity contribution in [1.82, 2.24) is 0 Å². The molecule has 0 saturated heterocycles. The first-order chi connectivity index (χ1) is 7.51. The zero-order chi connectivity index (χ0) is 12.3. The first kappa shape index (κ1) is 12.7. The average Bonchev–Trinajstić information content (AvgIpc) is 2.23. The average molecular weight is 248 g/mol. The number of hydrogen-bond donors (Lipinski definition) is 2. The van der Waals surface area contributed by atoms with E-state index in [1.54, 1.807) is 0 Å². The summed E-state index contributed by atoms with van der Waals surface area (Å²) in [6, 6.07) is 2.14. The highest BCUT2D eigenvalue weighted by atomic mass is 35.5. The third-order valence-corrected chi connectivity index (χ3v) is 2.57. The maximum absolute atomic E-state index is 13.2. The van der Waals surface area contributed by atoms with Gasteiger partial charge in [-0.15, -0.1) is 0 Å². The number of nitrogens with two attached hydrogens (primary N) is 1. The van der Waals surface area contributed by atoms with Gasteiger partial charge in [0.15, 0.2) is 0 Å². The molecule has 4 nitrogen and oxygen atoms in total. The minimum Gasteiger partial charge on any atom is -0.495 e. The quantitative estimate of drug-likeness (QED) is 0.848. The number of carboxylic acids is 1. The Bertz CT molecular complexity index is 411. The van der Waals surface area contributed by atoms with Gasteiger partial charge < -0.3 is 15.6 Å². The molecule has 1 aromatic carbocycles. The number of carboxylic acid groups (broad SMARTS) is 1. The fourth-order valence-corrected chi connectivity index (χ4v) is 1.67. The van der Waals surface area contributed by atoms with Gasteiger partial charge in [0.2, 0.25) is 0 Å². The number of benzene rings is 1. The Morgan fingerprint density at radius 1 is 1.69 bits per heavy atom. The Morgan fingerprint density at radius 2 is 2.31 bits per heavy atom. The lowest BCUT2D eigenvalue weighted by Gasteiger charge is -2.14. The SMILES string of the molecule is COc1cc(F)cc(C(CN)C(=O)O)c1Cl. The monoisotopic (exact) mass is 247 g/mol. The van der Waals surface area contributed by atoms with E-state index in [0.717, 1.165) is 12.1 Å². The van der Waals surface area contributed by atoms with Crippen LogP contribution in [0.3, 0.4) is 0 Å². The van der Waals surface area contributed by atoms with Crippen molar-refractivity contribution < 1.29 is 19.0 Å². The Balaban J connectivity index is 3.31. The molecule has 0 radical (unpaired) electrons. The van der Waals surface area contributed by atoms with Crippen LogP contribution in [0.15, 0.2) is 12.1 Å². The maximum atomic E-state index is 13.2. The maximum Gasteiger partial charge on any atom is 0.312 e. The van der Waals surface area contributed by atoms with Crippen molar-refractivity contribution in [3.8, 4) is 5.75 Å². The van der Waals surface area contributed by atoms with Crippen LogP contribution in [0.1, 0.15) is 11.5 Å². The highest BCUT2D eigenvalue weighted by Crippen LogP contribution is 2.33. The Kier molecular flexibility index (Phi) is 4.09. The largest absolute Gasteiger partial charge is 0.495 e. The number of methoxy groups -OCH3 is 1. The van der Waals surface area contributed by atoms with E-state index in [2.05, 4.69) is 0 Å². The second kappa shape index (κ2) is 5.14. The third-order valence-electron chi connectivity index (χ3n) is 2.16. The van der Waals surface area contributed by atoms with Gasteiger partial charge in [0.1, 0.15) is 11.6 Å². The second-order valence-electron chi connectivity index (χ2n) is 3.14. The molecule has 0 aliphatic heterocycles. The molecule has 0 heterocycles. The number of ether oxygens (including phenoxy) is 1. The van der Waals surface area contributed by atoms with Crippen molar-refractivity contribution in [1.29, 1.82) is 0 Å². The lowest BCUT2D eigenvalue weighted by atomic mass is 9.99. The molecular weight excluding hydrogens is 237 g/mol. The van der Waals surface area contributed by atoms with Gasteiger partial charge >= 0.3 is 5.97 Å². The minimum absolute atomic E-state index is 0.0711. The van der Waals surface area contributed by atoms with Gasteiger partial charge in [-0.1, -0.05) is 11.6 Å². The van der Waals surface area contributed by atoms with E-state index in [0.29, 0.717) is 0 Å². The molecule has 1 atom stereocenters. The molecule has 0 bridgehead atoms. The number of carbonyl (C=O) groups is 1. The Hall–Kier alpha value is -1.33. The van der Waals surface area contributed by atoms with E-state index in [4.69, 9.17) is 27.2 Å². The summed E-state index contributed by atoms with van der Waals surface area (Å²) in [5, 5.41) is 8.97. The number of rotatable bonds is 4. The van der Waals surface area contributed by atoms with Crippen LogP contribution < -0.4 is 10.5 Å². The van der Waals surface area contributed by atoms with Gasteiger partial charge in [0.25, 0.3) is 0 Å². The highest BCUT2D eigenvalue weighted by molar-refractivity contribution is 6.33. The molecule has 3 N–H and O–H groups in total. The van der Waals surface area contributed by atoms with E-state index in [1.165, 1.54) is 7.11 Å². The molecule has 1 rings (SSSR count). The topological polar surface area (TPSA) is 72.5 Å². The summed E-state index contributed by atoms with van der Waals surface area (Å²) in [7, 11) is 1.32. The zero-order valence-electron chi connectivity index (χ0n) is 8.54. The van der Waals surface area contributed by atoms with E-state index in [-0.39, 0.29) is 22.9 Å². The molecule has 0 amide bonds. The summed E-state index contributed by atoms with van der Waals surface area (Å²) in [6.45, 7) is -0.165. The Labute approximate surface area is 96.8 Å². The molecule has 6 heteroatoms. The van der Waals surface area contributed by atoms with Gasteiger partial charge in [-0.05, 0) is 11.6 Å². The van der Waals surface area contributed by atoms with E-state index in [1.807, 2.05) is 0 Å². The molecule has 88 valence electrons. The molecule has 0 saturated carbocycles. The second-order valence-corrected chi connectivity index (χ2v) is 3.52. The smallest absolute Gasteiger partial charge is 0.312 e. The summed E-state index contributed by atoms with van der Waals surface area (Å²) >= 11 is 5.89. The van der Waals surface area contributed by atoms with Gasteiger partial charge in [-0.25, -0.2) is 4.39 Å². The van der Waals surface area contributed by atoms with Crippen molar-refractivity contribution in [2.75, 3.05) is 13.7 Å². The summed E-state index contributed by atoms with van der Waals surface area (Å²) < 4.78 is 18.0. The van der Waals surface area contributed by atoms with Crippen LogP contribution in [0.4, 0.5) is 4.39 Å². The van der Waals surface area contributed by atoms with Crippen LogP contribution in [-0.4, -0.2) is 24.7 Å². The van der Waals surface area contributed by atoms with Gasteiger partial charge in [-0.3, -0.25) is 4.79 Å². The summed E-state index contributed by atoms with van der Waals surface area (Å²) in [6.07, 6.45) is 0. The predicted octanol–water partition coefficient (Wildman–Crippen LogP) is 1.61. The van der Waals surface area contributed by atoms with Gasteiger partial charge in [0.05, 0.1) is 18.1 Å². The minimum atomic E-state index is -1.16. The summed E-state index contributed by atoms with van der Waals surface area (Å²) in [5.41, 5.74) is 5.43. The number of aliphatic carboxylic acids is 1. The highest BCUT2D eigenvalue weighted by Gasteiger charge is 2.23. The van der Waals surface area contributed by atoms with Crippen LogP contribution in [0.25, 0.3) is 0 Å². The normalized spacial score (nSPS) is 12.2. The lowest BCUT2D eigenvalue weighted by Crippen LogP contribution is -2.21. The molecular formula is C10H11ClFNO3. The third kappa shape index (κ3) is 2.43. The van der Waals surface area contributed by atoms with E-state index in [9.17, 15) is 9.18 Å². The summed E-state index contributed by atoms with van der Waals surface area (Å²) in [5.74, 6) is -2.72. The first-order valence-corrected chi connectivity index (χ1v) is 4.84. The zero-order valence-corrected chi connectivity index (χ0v) is 9.29. The fraction of sp³-hybridized carbons (Fsp3) is 0.300. The standard InChI is InChI=1S/C10H11ClFNO3/c1-16-8-3-5(12)2-6(9(8)11)7(4-13)10(14)15/h2-3,7H,4,13H2,1H3,(H,14,15). The molecule has 0 aliphatic carbocycles. The van der Waals surface area contributed by atoms with E-state index >= 15 is 0 Å². The lowest BCUT2D eigenvalue weighted by molar-refractivity contribution is -0.138. The van der Waals surface area contributed by atoms with Gasteiger partial charge in [-0.2, -0.15) is 0 Å². The molecule has 0 aliphatic rings. The first-order valence-electron chi connectivity index (χ1n) is 4.47.